The molecule has 3 heteroatoms. The van der Waals surface area contributed by atoms with Crippen molar-refractivity contribution in [3.8, 4) is 27.9 Å². The van der Waals surface area contributed by atoms with Crippen LogP contribution >= 0.6 is 0 Å². The maximum absolute atomic E-state index is 5.67. The van der Waals surface area contributed by atoms with E-state index in [0.29, 0.717) is 0 Å². The molecule has 0 bridgehead atoms. The summed E-state index contributed by atoms with van der Waals surface area (Å²) in [6, 6.07) is 68.7. The molecule has 54 heavy (non-hydrogen) atoms. The Kier molecular flexibility index (Phi) is 6.04. The van der Waals surface area contributed by atoms with Crippen LogP contribution in [0.3, 0.4) is 0 Å². The van der Waals surface area contributed by atoms with Gasteiger partial charge >= 0.3 is 0 Å². The number of nitrogens with one attached hydrogen (secondary N) is 1. The third-order valence-electron chi connectivity index (χ3n) is 12.1. The quantitative estimate of drug-likeness (QED) is 0.197. The summed E-state index contributed by atoms with van der Waals surface area (Å²) in [7, 11) is 0. The lowest BCUT2D eigenvalue weighted by Gasteiger charge is -2.40. The van der Waals surface area contributed by atoms with Crippen LogP contribution in [0.15, 0.2) is 193 Å². The number of aliphatic imine (C=N–C) groups is 1. The first-order chi connectivity index (χ1) is 26.8. The van der Waals surface area contributed by atoms with Crippen LogP contribution in [0.1, 0.15) is 45.0 Å². The molecular weight excluding hydrogens is 655 g/mol. The van der Waals surface area contributed by atoms with E-state index >= 15 is 0 Å². The van der Waals surface area contributed by atoms with Crippen LogP contribution in [-0.4, -0.2) is 10.4 Å². The molecule has 1 N–H and O–H groups in total. The number of amidine groups is 1. The fourth-order valence-corrected chi connectivity index (χ4v) is 9.91. The largest absolute Gasteiger partial charge is 0.340 e. The summed E-state index contributed by atoms with van der Waals surface area (Å²) in [6.07, 6.45) is 0. The molecule has 3 aliphatic rings. The van der Waals surface area contributed by atoms with Crippen LogP contribution in [-0.2, 0) is 5.41 Å². The monoisotopic (exact) mass is 687 g/mol. The summed E-state index contributed by atoms with van der Waals surface area (Å²) in [5.41, 5.74) is 17.9. The first-order valence-corrected chi connectivity index (χ1v) is 18.8. The maximum Gasteiger partial charge on any atom is 0.134 e. The highest BCUT2D eigenvalue weighted by Crippen LogP contribution is 2.62. The summed E-state index contributed by atoms with van der Waals surface area (Å²) in [6.45, 7) is 0. The molecule has 252 valence electrons. The van der Waals surface area contributed by atoms with Crippen LogP contribution in [0.2, 0.25) is 0 Å². The summed E-state index contributed by atoms with van der Waals surface area (Å²) >= 11 is 0. The van der Waals surface area contributed by atoms with E-state index in [9.17, 15) is 0 Å². The highest BCUT2D eigenvalue weighted by molar-refractivity contribution is 6.16. The van der Waals surface area contributed by atoms with E-state index in [-0.39, 0.29) is 6.04 Å². The topological polar surface area (TPSA) is 29.3 Å². The van der Waals surface area contributed by atoms with Gasteiger partial charge in [-0.05, 0) is 68.3 Å². The van der Waals surface area contributed by atoms with Crippen LogP contribution in [0.25, 0.3) is 49.7 Å². The Morgan fingerprint density at radius 3 is 2.04 bits per heavy atom. The first-order valence-electron chi connectivity index (χ1n) is 18.8. The van der Waals surface area contributed by atoms with Gasteiger partial charge in [-0.3, -0.25) is 4.99 Å². The Morgan fingerprint density at radius 2 is 1.13 bits per heavy atom. The Balaban J connectivity index is 1.14. The molecule has 1 spiro atoms. The van der Waals surface area contributed by atoms with Gasteiger partial charge in [-0.15, -0.1) is 0 Å². The van der Waals surface area contributed by atoms with E-state index < -0.39 is 5.41 Å². The molecule has 8 aromatic carbocycles. The summed E-state index contributed by atoms with van der Waals surface area (Å²) in [4.78, 5) is 5.67. The van der Waals surface area contributed by atoms with Gasteiger partial charge in [0.05, 0.1) is 22.1 Å². The van der Waals surface area contributed by atoms with Crippen molar-refractivity contribution in [3.05, 3.63) is 227 Å². The fourth-order valence-electron chi connectivity index (χ4n) is 9.91. The average Bonchev–Trinajstić information content (AvgIpc) is 3.75. The maximum atomic E-state index is 5.67. The van der Waals surface area contributed by atoms with Gasteiger partial charge < -0.3 is 9.88 Å². The van der Waals surface area contributed by atoms with Gasteiger partial charge in [-0.25, -0.2) is 0 Å². The van der Waals surface area contributed by atoms with Gasteiger partial charge in [0.2, 0.25) is 0 Å². The van der Waals surface area contributed by atoms with Crippen LogP contribution in [0.5, 0.6) is 0 Å². The minimum Gasteiger partial charge on any atom is -0.340 e. The SMILES string of the molecule is c1ccc(-c2ccc(C3N=C(c4cccc5c4C4(c6ccccc6-5)c5ccccc5-n5c6ccccc6c6cccc4c65)Nc4ccccc43)cc2)cc1. The number of benzene rings is 8. The lowest BCUT2D eigenvalue weighted by atomic mass is 9.64. The first kappa shape index (κ1) is 29.6. The summed E-state index contributed by atoms with van der Waals surface area (Å²) < 4.78 is 2.51. The van der Waals surface area contributed by atoms with Gasteiger partial charge in [0.15, 0.2) is 0 Å². The third-order valence-corrected chi connectivity index (χ3v) is 12.1. The Hall–Kier alpha value is -6.97. The number of aromatic nitrogens is 1. The Labute approximate surface area is 313 Å². The van der Waals surface area contributed by atoms with Gasteiger partial charge in [0, 0.05) is 27.6 Å². The second kappa shape index (κ2) is 11.0. The van der Waals surface area contributed by atoms with E-state index in [0.717, 1.165) is 17.1 Å². The zero-order valence-electron chi connectivity index (χ0n) is 29.4. The van der Waals surface area contributed by atoms with Crippen molar-refractivity contribution in [1.82, 2.24) is 4.57 Å². The van der Waals surface area contributed by atoms with Crippen LogP contribution < -0.4 is 5.32 Å². The highest BCUT2D eigenvalue weighted by atomic mass is 15.1. The molecule has 3 nitrogen and oxygen atoms in total. The zero-order chi connectivity index (χ0) is 35.4. The molecule has 0 amide bonds. The molecule has 3 heterocycles. The lowest BCUT2D eigenvalue weighted by molar-refractivity contribution is 0.746. The molecule has 12 rings (SSSR count). The minimum absolute atomic E-state index is 0.164. The predicted molar refractivity (Wildman–Crippen MR) is 222 cm³/mol. The summed E-state index contributed by atoms with van der Waals surface area (Å²) in [5, 5.41) is 6.42. The van der Waals surface area contributed by atoms with E-state index in [1.54, 1.807) is 0 Å². The van der Waals surface area contributed by atoms with Crippen molar-refractivity contribution < 1.29 is 0 Å². The van der Waals surface area contributed by atoms with Crippen molar-refractivity contribution in [2.75, 3.05) is 5.32 Å². The smallest absolute Gasteiger partial charge is 0.134 e. The number of hydrogen-bond acceptors (Lipinski definition) is 2. The molecule has 1 aromatic heterocycles. The van der Waals surface area contributed by atoms with E-state index in [1.807, 2.05) is 0 Å². The zero-order valence-corrected chi connectivity index (χ0v) is 29.4. The summed E-state index contributed by atoms with van der Waals surface area (Å²) in [5.74, 6) is 0.894. The fraction of sp³-hybridized carbons (Fsp3) is 0.0392. The van der Waals surface area contributed by atoms with Gasteiger partial charge in [0.25, 0.3) is 0 Å². The van der Waals surface area contributed by atoms with Crippen LogP contribution in [0.4, 0.5) is 5.69 Å². The third kappa shape index (κ3) is 3.83. The van der Waals surface area contributed by atoms with E-state index in [1.165, 1.54) is 83.1 Å². The van der Waals surface area contributed by atoms with Crippen molar-refractivity contribution >= 4 is 33.3 Å². The predicted octanol–water partition coefficient (Wildman–Crippen LogP) is 12.1. The van der Waals surface area contributed by atoms with Crippen molar-refractivity contribution in [3.63, 3.8) is 0 Å². The van der Waals surface area contributed by atoms with Crippen molar-refractivity contribution in [1.29, 1.82) is 0 Å². The minimum atomic E-state index is -0.572. The molecule has 0 saturated carbocycles. The molecule has 0 saturated heterocycles. The van der Waals surface area contributed by atoms with Gasteiger partial charge in [-0.2, -0.15) is 0 Å². The molecule has 1 aliphatic carbocycles. The number of nitrogens with zero attached hydrogens (tertiary/aromatic N) is 2. The standard InChI is InChI=1S/C51H33N3/c1-2-14-32(15-3-1)33-28-30-34(31-29-33)48-39-18-5-9-25-44(39)52-50(53-48)40-21-12-19-37-35-16-4-7-22-41(35)51(47(37)40)42-23-8-11-27-46(42)54-45-26-10-6-17-36(45)38-20-13-24-43(51)49(38)54/h1-31,48H,(H,52,53). The molecule has 9 aromatic rings. The highest BCUT2D eigenvalue weighted by Gasteiger charge is 2.52. The normalized spacial score (nSPS) is 17.4. The average molecular weight is 688 g/mol. The lowest BCUT2D eigenvalue weighted by Crippen LogP contribution is -2.36. The number of fused-ring (bicyclic) bond motifs is 13. The second-order valence-corrected chi connectivity index (χ2v) is 14.7. The van der Waals surface area contributed by atoms with Crippen LogP contribution in [0, 0.1) is 0 Å². The molecule has 2 aliphatic heterocycles. The number of anilines is 1. The van der Waals surface area contributed by atoms with Gasteiger partial charge in [0.1, 0.15) is 11.9 Å². The molecule has 0 radical (unpaired) electrons. The Morgan fingerprint density at radius 1 is 0.481 bits per heavy atom. The van der Waals surface area contributed by atoms with Crippen molar-refractivity contribution in [2.45, 2.75) is 11.5 Å². The number of para-hydroxylation sites is 4. The van der Waals surface area contributed by atoms with E-state index in [2.05, 4.69) is 198 Å². The molecule has 2 atom stereocenters. The van der Waals surface area contributed by atoms with Crippen molar-refractivity contribution in [2.24, 2.45) is 4.99 Å². The molecule has 0 fully saturated rings. The van der Waals surface area contributed by atoms with E-state index in [4.69, 9.17) is 4.99 Å². The van der Waals surface area contributed by atoms with Gasteiger partial charge in [-0.1, -0.05) is 170 Å². The Bertz CT molecular complexity index is 3020. The molecule has 2 unspecified atom stereocenters. The number of hydrogen-bond donors (Lipinski definition) is 1. The molecular formula is C51H33N3. The number of rotatable bonds is 3. The second-order valence-electron chi connectivity index (χ2n) is 14.7.